The van der Waals surface area contributed by atoms with Crippen LogP contribution in [0.5, 0.6) is 0 Å². The van der Waals surface area contributed by atoms with Crippen molar-refractivity contribution in [1.82, 2.24) is 0 Å². The van der Waals surface area contributed by atoms with E-state index in [1.807, 2.05) is 0 Å². The van der Waals surface area contributed by atoms with Gasteiger partial charge in [0.1, 0.15) is 0 Å². The summed E-state index contributed by atoms with van der Waals surface area (Å²) in [6, 6.07) is 0. The zero-order chi connectivity index (χ0) is 8.53. The largest absolute Gasteiger partial charge is 0.481 e. The molecule has 0 unspecified atom stereocenters. The predicted molar refractivity (Wildman–Crippen MR) is 41.3 cm³/mol. The Morgan fingerprint density at radius 3 is 2.18 bits per heavy atom. The average Bonchev–Trinajstić information content (AvgIpc) is 1.96. The molecule has 0 aromatic carbocycles. The molecule has 0 aliphatic rings. The first-order chi connectivity index (χ1) is 5.27. The molecule has 0 aliphatic carbocycles. The van der Waals surface area contributed by atoms with E-state index in [1.165, 1.54) is 0 Å². The number of halogens is 1. The third-order valence-electron chi connectivity index (χ3n) is 1.52. The van der Waals surface area contributed by atoms with E-state index in [-0.39, 0.29) is 13.1 Å². The zero-order valence-corrected chi connectivity index (χ0v) is 6.68. The van der Waals surface area contributed by atoms with Crippen molar-refractivity contribution in [2.75, 3.05) is 6.67 Å². The van der Waals surface area contributed by atoms with E-state index in [1.54, 1.807) is 0 Å². The molecule has 0 rings (SSSR count). The van der Waals surface area contributed by atoms with E-state index in [9.17, 15) is 9.18 Å². The number of alkyl halides is 1. The van der Waals surface area contributed by atoms with E-state index in [4.69, 9.17) is 5.11 Å². The molecule has 2 nitrogen and oxygen atoms in total. The van der Waals surface area contributed by atoms with E-state index in [0.29, 0.717) is 6.42 Å². The van der Waals surface area contributed by atoms with Gasteiger partial charge in [0.2, 0.25) is 0 Å². The quantitative estimate of drug-likeness (QED) is 0.583. The van der Waals surface area contributed by atoms with Crippen LogP contribution in [0.4, 0.5) is 4.39 Å². The Hall–Kier alpha value is -0.600. The van der Waals surface area contributed by atoms with Crippen molar-refractivity contribution < 1.29 is 14.3 Å². The summed E-state index contributed by atoms with van der Waals surface area (Å²) in [4.78, 5) is 10.0. The van der Waals surface area contributed by atoms with Crippen molar-refractivity contribution in [2.45, 2.75) is 38.5 Å². The van der Waals surface area contributed by atoms with Gasteiger partial charge in [0.05, 0.1) is 6.67 Å². The highest BCUT2D eigenvalue weighted by Crippen LogP contribution is 2.04. The summed E-state index contributed by atoms with van der Waals surface area (Å²) in [6.45, 7) is -0.251. The van der Waals surface area contributed by atoms with Crippen molar-refractivity contribution in [3.05, 3.63) is 0 Å². The summed E-state index contributed by atoms with van der Waals surface area (Å²) >= 11 is 0. The first-order valence-electron chi connectivity index (χ1n) is 4.05. The molecule has 3 heteroatoms. The molecule has 0 amide bonds. The SMILES string of the molecule is O=C(O)CCCCCCCF. The molecule has 0 saturated heterocycles. The molecule has 0 heterocycles. The van der Waals surface area contributed by atoms with Gasteiger partial charge in [0.15, 0.2) is 0 Å². The van der Waals surface area contributed by atoms with Gasteiger partial charge in [0, 0.05) is 6.42 Å². The summed E-state index contributed by atoms with van der Waals surface area (Å²) in [5.74, 6) is -0.740. The summed E-state index contributed by atoms with van der Waals surface area (Å²) in [6.07, 6.45) is 4.34. The molecule has 0 fully saturated rings. The second-order valence-corrected chi connectivity index (χ2v) is 2.60. The van der Waals surface area contributed by atoms with Gasteiger partial charge >= 0.3 is 5.97 Å². The number of rotatable bonds is 7. The maximum Gasteiger partial charge on any atom is 0.303 e. The van der Waals surface area contributed by atoms with Crippen LogP contribution in [0.15, 0.2) is 0 Å². The Morgan fingerprint density at radius 1 is 1.09 bits per heavy atom. The third kappa shape index (κ3) is 9.40. The van der Waals surface area contributed by atoms with Gasteiger partial charge in [-0.25, -0.2) is 0 Å². The zero-order valence-electron chi connectivity index (χ0n) is 6.68. The number of carboxylic acid groups (broad SMARTS) is 1. The molecule has 0 spiro atoms. The lowest BCUT2D eigenvalue weighted by Crippen LogP contribution is -1.93. The second kappa shape index (κ2) is 7.51. The Bertz CT molecular complexity index is 104. The molecule has 0 aliphatic heterocycles. The van der Waals surface area contributed by atoms with Gasteiger partial charge in [-0.15, -0.1) is 0 Å². The van der Waals surface area contributed by atoms with Crippen molar-refractivity contribution in [1.29, 1.82) is 0 Å². The van der Waals surface area contributed by atoms with Crippen LogP contribution in [0.25, 0.3) is 0 Å². The molecule has 0 aromatic heterocycles. The van der Waals surface area contributed by atoms with Crippen LogP contribution in [-0.2, 0) is 4.79 Å². The maximum atomic E-state index is 11.5. The van der Waals surface area contributed by atoms with E-state index in [0.717, 1.165) is 25.7 Å². The summed E-state index contributed by atoms with van der Waals surface area (Å²) in [5.41, 5.74) is 0. The number of hydrogen-bond acceptors (Lipinski definition) is 1. The lowest BCUT2D eigenvalue weighted by Gasteiger charge is -1.96. The van der Waals surface area contributed by atoms with Crippen LogP contribution < -0.4 is 0 Å². The molecule has 66 valence electrons. The van der Waals surface area contributed by atoms with Gasteiger partial charge in [-0.1, -0.05) is 19.3 Å². The van der Waals surface area contributed by atoms with Gasteiger partial charge in [0.25, 0.3) is 0 Å². The number of carboxylic acids is 1. The predicted octanol–water partition coefficient (Wildman–Crippen LogP) is 2.38. The van der Waals surface area contributed by atoms with Crippen LogP contribution in [0.2, 0.25) is 0 Å². The first-order valence-corrected chi connectivity index (χ1v) is 4.05. The smallest absolute Gasteiger partial charge is 0.303 e. The van der Waals surface area contributed by atoms with E-state index < -0.39 is 5.97 Å². The molecule has 0 saturated carbocycles. The fraction of sp³-hybridized carbons (Fsp3) is 0.875. The highest BCUT2D eigenvalue weighted by atomic mass is 19.1. The maximum absolute atomic E-state index is 11.5. The van der Waals surface area contributed by atoms with Crippen LogP contribution >= 0.6 is 0 Å². The first kappa shape index (κ1) is 10.4. The number of carbonyl (C=O) groups is 1. The topological polar surface area (TPSA) is 37.3 Å². The van der Waals surface area contributed by atoms with Gasteiger partial charge in [-0.3, -0.25) is 9.18 Å². The lowest BCUT2D eigenvalue weighted by molar-refractivity contribution is -0.137. The lowest BCUT2D eigenvalue weighted by atomic mass is 10.1. The van der Waals surface area contributed by atoms with Crippen LogP contribution in [-0.4, -0.2) is 17.8 Å². The Balaban J connectivity index is 2.85. The van der Waals surface area contributed by atoms with E-state index in [2.05, 4.69) is 0 Å². The van der Waals surface area contributed by atoms with Crippen molar-refractivity contribution in [2.24, 2.45) is 0 Å². The van der Waals surface area contributed by atoms with Crippen molar-refractivity contribution in [3.63, 3.8) is 0 Å². The number of aliphatic carboxylic acids is 1. The highest BCUT2D eigenvalue weighted by Gasteiger charge is 1.95. The Kier molecular flexibility index (Phi) is 7.10. The number of hydrogen-bond donors (Lipinski definition) is 1. The van der Waals surface area contributed by atoms with Crippen molar-refractivity contribution in [3.8, 4) is 0 Å². The van der Waals surface area contributed by atoms with Crippen LogP contribution in [0.1, 0.15) is 38.5 Å². The summed E-state index contributed by atoms with van der Waals surface area (Å²) in [5, 5.41) is 8.26. The monoisotopic (exact) mass is 162 g/mol. The standard InChI is InChI=1S/C8H15FO2/c9-7-5-3-1-2-4-6-8(10)11/h1-7H2,(H,10,11). The third-order valence-corrected chi connectivity index (χ3v) is 1.52. The minimum atomic E-state index is -0.740. The molecular weight excluding hydrogens is 147 g/mol. The van der Waals surface area contributed by atoms with Gasteiger partial charge in [-0.05, 0) is 12.8 Å². The van der Waals surface area contributed by atoms with Crippen molar-refractivity contribution >= 4 is 5.97 Å². The van der Waals surface area contributed by atoms with Crippen LogP contribution in [0, 0.1) is 0 Å². The highest BCUT2D eigenvalue weighted by molar-refractivity contribution is 5.66. The molecule has 1 N–H and O–H groups in total. The fourth-order valence-corrected chi connectivity index (χ4v) is 0.901. The van der Waals surface area contributed by atoms with E-state index >= 15 is 0 Å². The van der Waals surface area contributed by atoms with Gasteiger partial charge < -0.3 is 5.11 Å². The minimum Gasteiger partial charge on any atom is -0.481 e. The average molecular weight is 162 g/mol. The minimum absolute atomic E-state index is 0.246. The fourth-order valence-electron chi connectivity index (χ4n) is 0.901. The molecular formula is C8H15FO2. The van der Waals surface area contributed by atoms with Crippen LogP contribution in [0.3, 0.4) is 0 Å². The molecule has 0 atom stereocenters. The van der Waals surface area contributed by atoms with Gasteiger partial charge in [-0.2, -0.15) is 0 Å². The number of unbranched alkanes of at least 4 members (excludes halogenated alkanes) is 4. The normalized spacial score (nSPS) is 9.91. The summed E-state index contributed by atoms with van der Waals surface area (Å²) in [7, 11) is 0. The summed E-state index contributed by atoms with van der Waals surface area (Å²) < 4.78 is 11.5. The Morgan fingerprint density at radius 2 is 1.64 bits per heavy atom. The molecule has 0 aromatic rings. The molecule has 0 radical (unpaired) electrons. The molecule has 11 heavy (non-hydrogen) atoms. The molecule has 0 bridgehead atoms. The second-order valence-electron chi connectivity index (χ2n) is 2.60. The Labute approximate surface area is 66.4 Å².